The summed E-state index contributed by atoms with van der Waals surface area (Å²) in [6, 6.07) is 6.26. The Kier molecular flexibility index (Phi) is 8.01. The Balaban J connectivity index is 1.05. The standard InChI is InChI=1S/C38H39ClF3N8O3S/c39-26-10-22-31(30(42)29(26)21-4-5-27(41)33-28(21)23(12-43)34(44)54-33)45-36(53-19-38-7-3-9-48(38)13-20(40)11-38)46-35(22)47-8-2-1-6-37(16-47)17-49(18-37)50(51)32-24-14-52-15-25(24)32/h4-5,10,20,24-25,32H,1-3,6-9,11,13-19,44H2/q+1/t20-,24-,25+,32?,38+/m1/s1. The van der Waals surface area contributed by atoms with E-state index >= 15 is 8.78 Å². The Morgan fingerprint density at radius 1 is 1.13 bits per heavy atom. The van der Waals surface area contributed by atoms with Crippen LogP contribution in [0.3, 0.4) is 0 Å². The van der Waals surface area contributed by atoms with Crippen molar-refractivity contribution in [3.05, 3.63) is 45.3 Å². The molecule has 5 aliphatic heterocycles. The van der Waals surface area contributed by atoms with Crippen molar-refractivity contribution >= 4 is 54.7 Å². The first-order valence-corrected chi connectivity index (χ1v) is 19.9. The molecule has 1 saturated carbocycles. The van der Waals surface area contributed by atoms with Gasteiger partial charge in [-0.2, -0.15) is 15.2 Å². The summed E-state index contributed by atoms with van der Waals surface area (Å²) in [4.78, 5) is 28.4. The Hall–Kier alpha value is -3.97. The predicted molar refractivity (Wildman–Crippen MR) is 198 cm³/mol. The maximum atomic E-state index is 17.3. The Morgan fingerprint density at radius 2 is 1.94 bits per heavy atom. The monoisotopic (exact) mass is 779 g/mol. The number of nitrogens with two attached hydrogens (primary N) is 1. The van der Waals surface area contributed by atoms with Crippen LogP contribution in [0.4, 0.5) is 24.0 Å². The molecule has 0 amide bonds. The van der Waals surface area contributed by atoms with E-state index < -0.39 is 23.3 Å². The van der Waals surface area contributed by atoms with Crippen molar-refractivity contribution in [2.45, 2.75) is 56.3 Å². The molecule has 2 aromatic heterocycles. The van der Waals surface area contributed by atoms with E-state index in [-0.39, 0.29) is 66.4 Å². The van der Waals surface area contributed by atoms with Gasteiger partial charge in [-0.15, -0.1) is 16.3 Å². The third-order valence-corrected chi connectivity index (χ3v) is 14.3. The molecule has 6 aliphatic rings. The lowest BCUT2D eigenvalue weighted by Gasteiger charge is -2.46. The highest BCUT2D eigenvalue weighted by Crippen LogP contribution is 2.50. The number of halogens is 4. The molecule has 7 heterocycles. The van der Waals surface area contributed by atoms with E-state index in [1.807, 2.05) is 5.01 Å². The van der Waals surface area contributed by atoms with Crippen LogP contribution in [0.1, 0.15) is 44.1 Å². The molecule has 2 aromatic carbocycles. The summed E-state index contributed by atoms with van der Waals surface area (Å²) in [7, 11) is 0. The number of alkyl halides is 1. The van der Waals surface area contributed by atoms with Crippen LogP contribution in [-0.4, -0.2) is 102 Å². The van der Waals surface area contributed by atoms with Crippen molar-refractivity contribution in [3.8, 4) is 23.2 Å². The smallest absolute Gasteiger partial charge is 0.319 e. The van der Waals surface area contributed by atoms with Crippen LogP contribution < -0.4 is 15.4 Å². The van der Waals surface area contributed by atoms with Gasteiger partial charge in [-0.25, -0.2) is 13.2 Å². The number of hydrogen-bond acceptors (Lipinski definition) is 10. The van der Waals surface area contributed by atoms with E-state index in [1.165, 1.54) is 17.0 Å². The lowest BCUT2D eigenvalue weighted by atomic mass is 9.77. The summed E-state index contributed by atoms with van der Waals surface area (Å²) < 4.78 is 59.0. The molecule has 1 spiro atoms. The summed E-state index contributed by atoms with van der Waals surface area (Å²) >= 11 is 7.89. The molecule has 16 heteroatoms. The number of benzene rings is 2. The Morgan fingerprint density at radius 3 is 2.74 bits per heavy atom. The quantitative estimate of drug-likeness (QED) is 0.209. The lowest BCUT2D eigenvalue weighted by Crippen LogP contribution is -2.63. The third kappa shape index (κ3) is 5.27. The number of aromatic nitrogens is 2. The first kappa shape index (κ1) is 34.5. The van der Waals surface area contributed by atoms with Crippen molar-refractivity contribution < 1.29 is 27.5 Å². The number of nitrogens with zero attached hydrogens (tertiary/aromatic N) is 7. The topological polar surface area (TPSA) is 124 Å². The third-order valence-electron chi connectivity index (χ3n) is 13.0. The van der Waals surface area contributed by atoms with Gasteiger partial charge in [-0.1, -0.05) is 24.1 Å². The summed E-state index contributed by atoms with van der Waals surface area (Å²) in [6.45, 7) is 5.05. The minimum atomic E-state index is -0.950. The average Bonchev–Trinajstić information content (AvgIpc) is 3.44. The number of nitrogen functional groups attached to an aromatic ring is 1. The molecule has 10 rings (SSSR count). The zero-order valence-corrected chi connectivity index (χ0v) is 31.1. The number of hydrazine groups is 1. The van der Waals surface area contributed by atoms with Crippen molar-refractivity contribution in [3.63, 3.8) is 0 Å². The molecule has 11 nitrogen and oxygen atoms in total. The van der Waals surface area contributed by atoms with Crippen LogP contribution in [0.2, 0.25) is 5.02 Å². The van der Waals surface area contributed by atoms with Crippen LogP contribution in [0.15, 0.2) is 18.2 Å². The molecule has 1 unspecified atom stereocenters. The number of hydrogen-bond donors (Lipinski definition) is 1. The number of fused-ring (bicyclic) bond motifs is 4. The molecule has 0 radical (unpaired) electrons. The van der Waals surface area contributed by atoms with Gasteiger partial charge in [-0.3, -0.25) is 4.90 Å². The van der Waals surface area contributed by atoms with E-state index in [2.05, 4.69) is 20.9 Å². The molecule has 282 valence electrons. The van der Waals surface area contributed by atoms with Gasteiger partial charge in [0.05, 0.1) is 63.9 Å². The molecular formula is C38H39ClF3N8O3S+. The second-order valence-corrected chi connectivity index (χ2v) is 17.7. The lowest BCUT2D eigenvalue weighted by molar-refractivity contribution is -0.743. The van der Waals surface area contributed by atoms with Crippen LogP contribution >= 0.6 is 22.9 Å². The summed E-state index contributed by atoms with van der Waals surface area (Å²) in [5.41, 5.74) is 5.67. The van der Waals surface area contributed by atoms with Gasteiger partial charge < -0.3 is 20.1 Å². The number of nitriles is 1. The fourth-order valence-electron chi connectivity index (χ4n) is 10.3. The molecule has 2 N–H and O–H groups in total. The number of anilines is 2. The second kappa shape index (κ2) is 12.5. The first-order chi connectivity index (χ1) is 26.1. The minimum absolute atomic E-state index is 0.0114. The zero-order chi connectivity index (χ0) is 37.1. The molecule has 0 bridgehead atoms. The molecule has 4 aromatic rings. The Bertz CT molecular complexity index is 2270. The largest absolute Gasteiger partial charge is 0.461 e. The fraction of sp³-hybridized carbons (Fsp3) is 0.553. The fourth-order valence-corrected chi connectivity index (χ4v) is 11.5. The van der Waals surface area contributed by atoms with Gasteiger partial charge in [0.2, 0.25) is 6.04 Å². The maximum absolute atomic E-state index is 17.3. The maximum Gasteiger partial charge on any atom is 0.319 e. The van der Waals surface area contributed by atoms with Crippen LogP contribution in [0.5, 0.6) is 6.01 Å². The van der Waals surface area contributed by atoms with Gasteiger partial charge in [0, 0.05) is 47.8 Å². The number of thiophene rings is 1. The van der Waals surface area contributed by atoms with E-state index in [9.17, 15) is 14.6 Å². The average molecular weight is 780 g/mol. The Labute approximate surface area is 318 Å². The number of rotatable bonds is 7. The highest BCUT2D eigenvalue weighted by atomic mass is 35.5. The van der Waals surface area contributed by atoms with Crippen molar-refractivity contribution in [2.24, 2.45) is 17.3 Å². The molecule has 1 aliphatic carbocycles. The van der Waals surface area contributed by atoms with Crippen molar-refractivity contribution in [1.29, 1.82) is 5.26 Å². The SMILES string of the molecule is N#Cc1c(N)sc2c(F)ccc(-c3c(Cl)cc4c(N5CCCCC6(C5)CN([N+](=O)C5[C@H]7COC[C@@H]57)C6)nc(OC[C@@]56CCCN5C[C@H](F)C6)nc4c3F)c12. The number of ether oxygens (including phenoxy) is 2. The van der Waals surface area contributed by atoms with Crippen molar-refractivity contribution in [2.75, 3.05) is 69.7 Å². The van der Waals surface area contributed by atoms with Crippen LogP contribution in [0.25, 0.3) is 32.1 Å². The van der Waals surface area contributed by atoms with E-state index in [4.69, 9.17) is 31.8 Å². The van der Waals surface area contributed by atoms with Gasteiger partial charge in [0.25, 0.3) is 0 Å². The van der Waals surface area contributed by atoms with E-state index in [1.54, 1.807) is 6.07 Å². The van der Waals surface area contributed by atoms with Gasteiger partial charge in [0.15, 0.2) is 5.82 Å². The predicted octanol–water partition coefficient (Wildman–Crippen LogP) is 6.48. The molecule has 54 heavy (non-hydrogen) atoms. The van der Waals surface area contributed by atoms with Crippen molar-refractivity contribution in [1.82, 2.24) is 19.9 Å². The first-order valence-electron chi connectivity index (χ1n) is 18.8. The molecule has 5 atom stereocenters. The van der Waals surface area contributed by atoms with Gasteiger partial charge in [-0.05, 0) is 49.9 Å². The molecule has 6 fully saturated rings. The van der Waals surface area contributed by atoms with E-state index in [0.29, 0.717) is 75.4 Å². The zero-order valence-electron chi connectivity index (χ0n) is 29.5. The molecular weight excluding hydrogens is 741 g/mol. The highest BCUT2D eigenvalue weighted by molar-refractivity contribution is 7.23. The molecule has 5 saturated heterocycles. The van der Waals surface area contributed by atoms with Gasteiger partial charge >= 0.3 is 6.01 Å². The highest BCUT2D eigenvalue weighted by Gasteiger charge is 2.68. The van der Waals surface area contributed by atoms with Gasteiger partial charge in [0.1, 0.15) is 45.9 Å². The van der Waals surface area contributed by atoms with E-state index in [0.717, 1.165) is 50.0 Å². The van der Waals surface area contributed by atoms with Crippen LogP contribution in [0, 0.1) is 45.1 Å². The normalized spacial score (nSPS) is 28.6. The summed E-state index contributed by atoms with van der Waals surface area (Å²) in [5, 5.41) is 12.6. The number of nitroso groups, excluding NO2 is 1. The van der Waals surface area contributed by atoms with Crippen LogP contribution in [-0.2, 0) is 4.74 Å². The summed E-state index contributed by atoms with van der Waals surface area (Å²) in [6.07, 6.45) is 3.89. The minimum Gasteiger partial charge on any atom is -0.461 e. The second-order valence-electron chi connectivity index (χ2n) is 16.2. The summed E-state index contributed by atoms with van der Waals surface area (Å²) in [5.74, 6) is -0.257.